The molecule has 6 heteroatoms. The first-order chi connectivity index (χ1) is 10.6. The molecule has 3 rings (SSSR count). The molecule has 0 radical (unpaired) electrons. The lowest BCUT2D eigenvalue weighted by molar-refractivity contribution is 0.335. The molecule has 2 heterocycles. The third-order valence-corrected chi connectivity index (χ3v) is 7.27. The van der Waals surface area contributed by atoms with E-state index < -0.39 is 10.0 Å². The van der Waals surface area contributed by atoms with Gasteiger partial charge in [-0.05, 0) is 38.5 Å². The fourth-order valence-electron chi connectivity index (χ4n) is 3.93. The first kappa shape index (κ1) is 16.0. The second-order valence-corrected chi connectivity index (χ2v) is 8.78. The van der Waals surface area contributed by atoms with E-state index >= 15 is 0 Å². The number of imidazole rings is 1. The molecule has 1 unspecified atom stereocenters. The van der Waals surface area contributed by atoms with Gasteiger partial charge in [-0.2, -0.15) is 4.31 Å². The van der Waals surface area contributed by atoms with E-state index in [-0.39, 0.29) is 6.04 Å². The van der Waals surface area contributed by atoms with Crippen LogP contribution in [0.15, 0.2) is 12.4 Å². The van der Waals surface area contributed by atoms with Crippen LogP contribution in [0, 0.1) is 12.8 Å². The van der Waals surface area contributed by atoms with Gasteiger partial charge in [-0.25, -0.2) is 13.4 Å². The van der Waals surface area contributed by atoms with Crippen molar-refractivity contribution in [2.45, 2.75) is 64.5 Å². The molecule has 1 saturated carbocycles. The highest BCUT2D eigenvalue weighted by molar-refractivity contribution is 7.89. The Labute approximate surface area is 133 Å². The molecule has 0 spiro atoms. The molecule has 0 N–H and O–H groups in total. The van der Waals surface area contributed by atoms with Gasteiger partial charge in [0.05, 0.1) is 5.75 Å². The Kier molecular flexibility index (Phi) is 4.88. The maximum absolute atomic E-state index is 12.8. The Bertz CT molecular complexity index is 590. The molecule has 2 aliphatic rings. The number of hydrogen-bond acceptors (Lipinski definition) is 3. The Morgan fingerprint density at radius 2 is 1.95 bits per heavy atom. The fraction of sp³-hybridized carbons (Fsp3) is 0.812. The van der Waals surface area contributed by atoms with Gasteiger partial charge < -0.3 is 4.57 Å². The molecular formula is C16H27N3O2S. The van der Waals surface area contributed by atoms with E-state index in [1.54, 1.807) is 10.5 Å². The van der Waals surface area contributed by atoms with Gasteiger partial charge in [0.15, 0.2) is 0 Å². The lowest BCUT2D eigenvalue weighted by Crippen LogP contribution is -2.41. The summed E-state index contributed by atoms with van der Waals surface area (Å²) < 4.78 is 29.5. The molecule has 1 aromatic heterocycles. The maximum Gasteiger partial charge on any atom is 0.214 e. The molecule has 5 nitrogen and oxygen atoms in total. The zero-order chi connectivity index (χ0) is 15.6. The van der Waals surface area contributed by atoms with Gasteiger partial charge in [0.2, 0.25) is 10.0 Å². The van der Waals surface area contributed by atoms with Crippen molar-refractivity contribution < 1.29 is 8.42 Å². The summed E-state index contributed by atoms with van der Waals surface area (Å²) in [4.78, 5) is 4.23. The molecule has 22 heavy (non-hydrogen) atoms. The number of aryl methyl sites for hydroxylation is 1. The van der Waals surface area contributed by atoms with Gasteiger partial charge in [0.25, 0.3) is 0 Å². The molecule has 0 aromatic carbocycles. The number of sulfonamides is 1. The van der Waals surface area contributed by atoms with Crippen molar-refractivity contribution in [1.82, 2.24) is 13.9 Å². The van der Waals surface area contributed by atoms with Crippen LogP contribution >= 0.6 is 0 Å². The van der Waals surface area contributed by atoms with E-state index in [0.717, 1.165) is 38.1 Å². The van der Waals surface area contributed by atoms with Gasteiger partial charge >= 0.3 is 0 Å². The highest BCUT2D eigenvalue weighted by Crippen LogP contribution is 2.29. The van der Waals surface area contributed by atoms with Gasteiger partial charge in [-0.1, -0.05) is 19.3 Å². The summed E-state index contributed by atoms with van der Waals surface area (Å²) in [5.41, 5.74) is 0. The minimum absolute atomic E-state index is 0.0986. The largest absolute Gasteiger partial charge is 0.334 e. The fourth-order valence-corrected chi connectivity index (χ4v) is 6.08. The third-order valence-electron chi connectivity index (χ3n) is 5.18. The number of rotatable bonds is 5. The normalized spacial score (nSPS) is 24.9. The van der Waals surface area contributed by atoms with Gasteiger partial charge in [-0.3, -0.25) is 0 Å². The summed E-state index contributed by atoms with van der Waals surface area (Å²) in [7, 11) is -3.13. The standard InChI is InChI=1S/C16H27N3O2S/c1-14-17-9-11-18(14)12-16-8-5-10-19(16)22(20,21)13-15-6-3-2-4-7-15/h9,11,15-16H,2-8,10,12-13H2,1H3. The van der Waals surface area contributed by atoms with Crippen LogP contribution in [-0.2, 0) is 16.6 Å². The van der Waals surface area contributed by atoms with Crippen LogP contribution in [0.4, 0.5) is 0 Å². The Morgan fingerprint density at radius 1 is 1.18 bits per heavy atom. The molecule has 0 amide bonds. The van der Waals surface area contributed by atoms with E-state index in [1.165, 1.54) is 19.3 Å². The van der Waals surface area contributed by atoms with E-state index in [4.69, 9.17) is 0 Å². The molecule has 2 fully saturated rings. The molecular weight excluding hydrogens is 298 g/mol. The summed E-state index contributed by atoms with van der Waals surface area (Å²) in [6.45, 7) is 3.39. The molecule has 1 aliphatic carbocycles. The zero-order valence-electron chi connectivity index (χ0n) is 13.4. The number of hydrogen-bond donors (Lipinski definition) is 0. The minimum Gasteiger partial charge on any atom is -0.334 e. The summed E-state index contributed by atoms with van der Waals surface area (Å²) in [5.74, 6) is 1.68. The highest BCUT2D eigenvalue weighted by atomic mass is 32.2. The van der Waals surface area contributed by atoms with E-state index in [2.05, 4.69) is 9.55 Å². The van der Waals surface area contributed by atoms with Crippen molar-refractivity contribution in [3.63, 3.8) is 0 Å². The smallest absolute Gasteiger partial charge is 0.214 e. The summed E-state index contributed by atoms with van der Waals surface area (Å²) >= 11 is 0. The van der Waals surface area contributed by atoms with Gasteiger partial charge in [-0.15, -0.1) is 0 Å². The van der Waals surface area contributed by atoms with Crippen molar-refractivity contribution in [1.29, 1.82) is 0 Å². The van der Waals surface area contributed by atoms with Crippen molar-refractivity contribution in [3.8, 4) is 0 Å². The van der Waals surface area contributed by atoms with Crippen molar-refractivity contribution in [3.05, 3.63) is 18.2 Å². The molecule has 124 valence electrons. The second-order valence-electron chi connectivity index (χ2n) is 6.82. The topological polar surface area (TPSA) is 55.2 Å². The zero-order valence-corrected chi connectivity index (χ0v) is 14.3. The summed E-state index contributed by atoms with van der Waals surface area (Å²) in [6, 6.07) is 0.0986. The molecule has 0 bridgehead atoms. The third kappa shape index (κ3) is 3.54. The summed E-state index contributed by atoms with van der Waals surface area (Å²) in [5, 5.41) is 0. The monoisotopic (exact) mass is 325 g/mol. The lowest BCUT2D eigenvalue weighted by atomic mass is 9.91. The summed E-state index contributed by atoms with van der Waals surface area (Å²) in [6.07, 6.45) is 11.5. The van der Waals surface area contributed by atoms with Crippen LogP contribution in [0.3, 0.4) is 0 Å². The van der Waals surface area contributed by atoms with Crippen LogP contribution in [0.25, 0.3) is 0 Å². The second kappa shape index (κ2) is 6.71. The quantitative estimate of drug-likeness (QED) is 0.836. The predicted molar refractivity (Wildman–Crippen MR) is 87.1 cm³/mol. The molecule has 1 aliphatic heterocycles. The van der Waals surface area contributed by atoms with Crippen LogP contribution < -0.4 is 0 Å². The molecule has 1 aromatic rings. The van der Waals surface area contributed by atoms with Crippen LogP contribution in [-0.4, -0.2) is 40.6 Å². The van der Waals surface area contributed by atoms with E-state index in [0.29, 0.717) is 18.2 Å². The molecule has 1 atom stereocenters. The van der Waals surface area contributed by atoms with Gasteiger partial charge in [0.1, 0.15) is 5.82 Å². The Hall–Kier alpha value is -0.880. The van der Waals surface area contributed by atoms with Crippen molar-refractivity contribution in [2.24, 2.45) is 5.92 Å². The van der Waals surface area contributed by atoms with E-state index in [9.17, 15) is 8.42 Å². The SMILES string of the molecule is Cc1nccn1CC1CCCN1S(=O)(=O)CC1CCCCC1. The van der Waals surface area contributed by atoms with Crippen LogP contribution in [0.1, 0.15) is 50.8 Å². The highest BCUT2D eigenvalue weighted by Gasteiger charge is 2.35. The Morgan fingerprint density at radius 3 is 2.64 bits per heavy atom. The first-order valence-electron chi connectivity index (χ1n) is 8.53. The van der Waals surface area contributed by atoms with Crippen molar-refractivity contribution in [2.75, 3.05) is 12.3 Å². The molecule has 1 saturated heterocycles. The number of aromatic nitrogens is 2. The van der Waals surface area contributed by atoms with Crippen LogP contribution in [0.2, 0.25) is 0 Å². The first-order valence-corrected chi connectivity index (χ1v) is 10.1. The average molecular weight is 325 g/mol. The van der Waals surface area contributed by atoms with Gasteiger partial charge in [0, 0.05) is 31.5 Å². The predicted octanol–water partition coefficient (Wildman–Crippen LogP) is 2.57. The van der Waals surface area contributed by atoms with E-state index in [1.807, 2.05) is 13.1 Å². The Balaban J connectivity index is 1.67. The average Bonchev–Trinajstić information content (AvgIpc) is 3.10. The number of nitrogens with zero attached hydrogens (tertiary/aromatic N) is 3. The lowest BCUT2D eigenvalue weighted by Gasteiger charge is -2.28. The van der Waals surface area contributed by atoms with Crippen molar-refractivity contribution >= 4 is 10.0 Å². The van der Waals surface area contributed by atoms with Crippen LogP contribution in [0.5, 0.6) is 0 Å². The minimum atomic E-state index is -3.13. The maximum atomic E-state index is 12.8.